The van der Waals surface area contributed by atoms with Gasteiger partial charge in [0.25, 0.3) is 0 Å². The van der Waals surface area contributed by atoms with Crippen LogP contribution >= 0.6 is 11.8 Å². The second-order valence-electron chi connectivity index (χ2n) is 2.79. The number of thioether (sulfide) groups is 1. The fourth-order valence-corrected chi connectivity index (χ4v) is 2.65. The van der Waals surface area contributed by atoms with Gasteiger partial charge in [-0.3, -0.25) is 0 Å². The van der Waals surface area contributed by atoms with Crippen LogP contribution in [0.3, 0.4) is 0 Å². The third kappa shape index (κ3) is 2.39. The van der Waals surface area contributed by atoms with Gasteiger partial charge in [-0.1, -0.05) is 6.92 Å². The highest BCUT2D eigenvalue weighted by atomic mass is 32.2. The van der Waals surface area contributed by atoms with E-state index >= 15 is 0 Å². The molecule has 1 aliphatic rings. The van der Waals surface area contributed by atoms with Gasteiger partial charge in [0.15, 0.2) is 0 Å². The summed E-state index contributed by atoms with van der Waals surface area (Å²) in [5, 5.41) is 12.0. The molecular weight excluding hydrogens is 156 g/mol. The maximum Gasteiger partial charge on any atom is 0.0989 e. The molecule has 0 spiro atoms. The Morgan fingerprint density at radius 1 is 1.82 bits per heavy atom. The molecule has 1 aliphatic heterocycles. The zero-order valence-corrected chi connectivity index (χ0v) is 7.66. The van der Waals surface area contributed by atoms with Crippen molar-refractivity contribution in [1.29, 1.82) is 5.26 Å². The molecule has 2 atom stereocenters. The summed E-state index contributed by atoms with van der Waals surface area (Å²) >= 11 is 1.96. The molecule has 1 saturated heterocycles. The van der Waals surface area contributed by atoms with Gasteiger partial charge < -0.3 is 5.32 Å². The van der Waals surface area contributed by atoms with Crippen molar-refractivity contribution >= 4 is 11.8 Å². The molecule has 0 aromatic heterocycles. The molecule has 1 rings (SSSR count). The normalized spacial score (nSPS) is 26.4. The molecule has 0 aromatic carbocycles. The first-order chi connectivity index (χ1) is 5.38. The van der Waals surface area contributed by atoms with Crippen LogP contribution in [-0.4, -0.2) is 24.1 Å². The summed E-state index contributed by atoms with van der Waals surface area (Å²) in [5.41, 5.74) is 0. The summed E-state index contributed by atoms with van der Waals surface area (Å²) in [5.74, 6) is 2.98. The van der Waals surface area contributed by atoms with Gasteiger partial charge in [-0.25, -0.2) is 0 Å². The second kappa shape index (κ2) is 4.63. The van der Waals surface area contributed by atoms with Crippen molar-refractivity contribution in [2.24, 2.45) is 5.92 Å². The standard InChI is InChI=1S/C8H14N2S/c1-2-10-8(5-9)7-3-4-11-6-7/h7-8,10H,2-4,6H2,1H3. The summed E-state index contributed by atoms with van der Waals surface area (Å²) in [6.07, 6.45) is 1.20. The van der Waals surface area contributed by atoms with Crippen molar-refractivity contribution < 1.29 is 0 Å². The summed E-state index contributed by atoms with van der Waals surface area (Å²) in [6.45, 7) is 2.95. The highest BCUT2D eigenvalue weighted by molar-refractivity contribution is 7.99. The van der Waals surface area contributed by atoms with Gasteiger partial charge in [-0.2, -0.15) is 17.0 Å². The van der Waals surface area contributed by atoms with Crippen molar-refractivity contribution in [1.82, 2.24) is 5.32 Å². The van der Waals surface area contributed by atoms with E-state index in [0.717, 1.165) is 12.3 Å². The molecule has 0 bridgehead atoms. The maximum atomic E-state index is 8.80. The molecule has 0 radical (unpaired) electrons. The number of rotatable bonds is 3. The predicted octanol–water partition coefficient (Wildman–Crippen LogP) is 1.24. The van der Waals surface area contributed by atoms with E-state index in [2.05, 4.69) is 11.4 Å². The van der Waals surface area contributed by atoms with E-state index in [1.54, 1.807) is 0 Å². The Morgan fingerprint density at radius 3 is 3.09 bits per heavy atom. The average Bonchev–Trinajstić information content (AvgIpc) is 2.52. The Balaban J connectivity index is 2.35. The van der Waals surface area contributed by atoms with Gasteiger partial charge in [0.2, 0.25) is 0 Å². The van der Waals surface area contributed by atoms with Crippen LogP contribution in [0.15, 0.2) is 0 Å². The molecule has 62 valence electrons. The van der Waals surface area contributed by atoms with E-state index in [9.17, 15) is 0 Å². The molecule has 11 heavy (non-hydrogen) atoms. The predicted molar refractivity (Wildman–Crippen MR) is 48.5 cm³/mol. The minimum atomic E-state index is 0.0926. The Labute approximate surface area is 72.4 Å². The zero-order chi connectivity index (χ0) is 8.10. The van der Waals surface area contributed by atoms with Crippen molar-refractivity contribution in [2.45, 2.75) is 19.4 Å². The SMILES string of the molecule is CCNC(C#N)C1CCSC1. The molecule has 0 saturated carbocycles. The number of nitrogens with one attached hydrogen (secondary N) is 1. The lowest BCUT2D eigenvalue weighted by molar-refractivity contribution is 0.459. The molecular formula is C8H14N2S. The van der Waals surface area contributed by atoms with Gasteiger partial charge in [0, 0.05) is 0 Å². The fraction of sp³-hybridized carbons (Fsp3) is 0.875. The minimum Gasteiger partial charge on any atom is -0.302 e. The summed E-state index contributed by atoms with van der Waals surface area (Å²) < 4.78 is 0. The van der Waals surface area contributed by atoms with Crippen molar-refractivity contribution in [3.63, 3.8) is 0 Å². The molecule has 1 heterocycles. The van der Waals surface area contributed by atoms with Crippen LogP contribution in [0.5, 0.6) is 0 Å². The van der Waals surface area contributed by atoms with E-state index in [4.69, 9.17) is 5.26 Å². The number of hydrogen-bond acceptors (Lipinski definition) is 3. The van der Waals surface area contributed by atoms with Gasteiger partial charge in [0.1, 0.15) is 0 Å². The Morgan fingerprint density at radius 2 is 2.64 bits per heavy atom. The van der Waals surface area contributed by atoms with Crippen molar-refractivity contribution in [2.75, 3.05) is 18.1 Å². The fourth-order valence-electron chi connectivity index (χ4n) is 1.35. The molecule has 3 heteroatoms. The Bertz CT molecular complexity index is 147. The molecule has 2 nitrogen and oxygen atoms in total. The quantitative estimate of drug-likeness (QED) is 0.692. The minimum absolute atomic E-state index is 0.0926. The largest absolute Gasteiger partial charge is 0.302 e. The topological polar surface area (TPSA) is 35.8 Å². The molecule has 1 fully saturated rings. The molecule has 1 N–H and O–H groups in total. The van der Waals surface area contributed by atoms with Crippen molar-refractivity contribution in [3.05, 3.63) is 0 Å². The number of nitriles is 1. The van der Waals surface area contributed by atoms with E-state index in [0.29, 0.717) is 5.92 Å². The van der Waals surface area contributed by atoms with Crippen LogP contribution in [0, 0.1) is 17.2 Å². The lowest BCUT2D eigenvalue weighted by atomic mass is 10.0. The van der Waals surface area contributed by atoms with Gasteiger partial charge >= 0.3 is 0 Å². The maximum absolute atomic E-state index is 8.80. The first kappa shape index (κ1) is 8.89. The molecule has 0 aliphatic carbocycles. The smallest absolute Gasteiger partial charge is 0.0989 e. The van der Waals surface area contributed by atoms with Gasteiger partial charge in [0.05, 0.1) is 12.1 Å². The second-order valence-corrected chi connectivity index (χ2v) is 3.94. The van der Waals surface area contributed by atoms with E-state index in [1.165, 1.54) is 12.2 Å². The van der Waals surface area contributed by atoms with Crippen LogP contribution in [0.2, 0.25) is 0 Å². The van der Waals surface area contributed by atoms with Crippen LogP contribution in [0.4, 0.5) is 0 Å². The number of nitrogens with zero attached hydrogens (tertiary/aromatic N) is 1. The summed E-state index contributed by atoms with van der Waals surface area (Å²) in [7, 11) is 0. The highest BCUT2D eigenvalue weighted by Crippen LogP contribution is 2.25. The van der Waals surface area contributed by atoms with Crippen LogP contribution in [-0.2, 0) is 0 Å². The monoisotopic (exact) mass is 170 g/mol. The Hall–Kier alpha value is -0.200. The molecule has 0 aromatic rings. The molecule has 0 amide bonds. The summed E-state index contributed by atoms with van der Waals surface area (Å²) in [4.78, 5) is 0. The number of hydrogen-bond donors (Lipinski definition) is 1. The third-order valence-electron chi connectivity index (χ3n) is 2.00. The third-order valence-corrected chi connectivity index (χ3v) is 3.19. The van der Waals surface area contributed by atoms with Gasteiger partial charge in [-0.05, 0) is 30.4 Å². The summed E-state index contributed by atoms with van der Waals surface area (Å²) in [6, 6.07) is 2.41. The Kier molecular flexibility index (Phi) is 3.74. The lowest BCUT2D eigenvalue weighted by Crippen LogP contribution is -2.34. The van der Waals surface area contributed by atoms with Crippen LogP contribution in [0.1, 0.15) is 13.3 Å². The average molecular weight is 170 g/mol. The highest BCUT2D eigenvalue weighted by Gasteiger charge is 2.23. The van der Waals surface area contributed by atoms with E-state index < -0.39 is 0 Å². The van der Waals surface area contributed by atoms with Crippen molar-refractivity contribution in [3.8, 4) is 6.07 Å². The van der Waals surface area contributed by atoms with E-state index in [1.807, 2.05) is 18.7 Å². The van der Waals surface area contributed by atoms with E-state index in [-0.39, 0.29) is 6.04 Å². The van der Waals surface area contributed by atoms with Crippen LogP contribution < -0.4 is 5.32 Å². The van der Waals surface area contributed by atoms with Gasteiger partial charge in [-0.15, -0.1) is 0 Å². The van der Waals surface area contributed by atoms with Crippen LogP contribution in [0.25, 0.3) is 0 Å². The molecule has 2 unspecified atom stereocenters. The first-order valence-corrected chi connectivity index (χ1v) is 5.24. The zero-order valence-electron chi connectivity index (χ0n) is 6.84. The first-order valence-electron chi connectivity index (χ1n) is 4.09. The lowest BCUT2D eigenvalue weighted by Gasteiger charge is -2.15.